The topological polar surface area (TPSA) is 51.8 Å². The van der Waals surface area contributed by atoms with Gasteiger partial charge in [-0.25, -0.2) is 15.0 Å². The Morgan fingerprint density at radius 3 is 1.83 bits per heavy atom. The van der Waals surface area contributed by atoms with E-state index in [4.69, 9.17) is 31.7 Å². The van der Waals surface area contributed by atoms with Crippen molar-refractivity contribution < 1.29 is 19.5 Å². The zero-order chi connectivity index (χ0) is 40.7. The first-order chi connectivity index (χ1) is 27.9. The largest absolute Gasteiger partial charge is 0.456 e. The molecule has 0 N–H and O–H groups in total. The first-order valence-corrected chi connectivity index (χ1v) is 14.8. The van der Waals surface area contributed by atoms with Gasteiger partial charge in [0.05, 0.1) is 15.1 Å². The highest BCUT2D eigenvalue weighted by molar-refractivity contribution is 6.13. The van der Waals surface area contributed by atoms with Gasteiger partial charge in [0.15, 0.2) is 17.5 Å². The van der Waals surface area contributed by atoms with Gasteiger partial charge in [0, 0.05) is 27.5 Å². The van der Waals surface area contributed by atoms with Gasteiger partial charge >= 0.3 is 0 Å². The summed E-state index contributed by atoms with van der Waals surface area (Å²) in [6.45, 7) is 0. The number of para-hydroxylation sites is 1. The summed E-state index contributed by atoms with van der Waals surface area (Å²) in [5, 5.41) is 0.928. The van der Waals surface area contributed by atoms with Crippen LogP contribution in [0, 0.1) is 0 Å². The predicted molar refractivity (Wildman–Crippen MR) is 192 cm³/mol. The average molecular weight is 613 g/mol. The smallest absolute Gasteiger partial charge is 0.164 e. The molecule has 220 valence electrons. The maximum absolute atomic E-state index is 9.44. The fraction of sp³-hybridized carbons (Fsp3) is 0. The Kier molecular flexibility index (Phi) is 4.27. The molecule has 0 aliphatic carbocycles. The molecule has 0 radical (unpaired) electrons. The van der Waals surface area contributed by atoms with E-state index < -0.39 is 48.3 Å². The number of furan rings is 1. The van der Waals surface area contributed by atoms with Gasteiger partial charge in [0.2, 0.25) is 0 Å². The van der Waals surface area contributed by atoms with Crippen LogP contribution in [0.5, 0.6) is 0 Å². The van der Waals surface area contributed by atoms with Gasteiger partial charge in [-0.1, -0.05) is 133 Å². The van der Waals surface area contributed by atoms with Crippen molar-refractivity contribution in [3.05, 3.63) is 164 Å². The lowest BCUT2D eigenvalue weighted by Gasteiger charge is -2.12. The number of rotatable bonds is 5. The molecule has 0 aliphatic heterocycles. The highest BCUT2D eigenvalue weighted by atomic mass is 16.3. The van der Waals surface area contributed by atoms with Crippen molar-refractivity contribution in [1.29, 1.82) is 0 Å². The normalized spacial score (nSPS) is 14.7. The summed E-state index contributed by atoms with van der Waals surface area (Å²) in [5.74, 6) is -0.0333. The average Bonchev–Trinajstić information content (AvgIpc) is 3.62. The van der Waals surface area contributed by atoms with Gasteiger partial charge in [-0.15, -0.1) is 0 Å². The lowest BCUT2D eigenvalue weighted by molar-refractivity contribution is 0.669. The van der Waals surface area contributed by atoms with Gasteiger partial charge in [-0.2, -0.15) is 0 Å². The van der Waals surface area contributed by atoms with E-state index in [1.165, 1.54) is 0 Å². The maximum Gasteiger partial charge on any atom is 0.164 e. The van der Waals surface area contributed by atoms with Crippen molar-refractivity contribution >= 4 is 32.7 Å². The lowest BCUT2D eigenvalue weighted by Crippen LogP contribution is -2.00. The number of hydrogen-bond acceptors (Lipinski definition) is 4. The number of aromatic nitrogens is 3. The molecule has 0 amide bonds. The Morgan fingerprint density at radius 2 is 1.06 bits per heavy atom. The molecule has 9 rings (SSSR count). The van der Waals surface area contributed by atoms with Crippen LogP contribution in [0.4, 0.5) is 0 Å². The third-order valence-corrected chi connectivity index (χ3v) is 7.84. The van der Waals surface area contributed by atoms with E-state index in [-0.39, 0.29) is 68.6 Å². The zero-order valence-electron chi connectivity index (χ0n) is 35.5. The Labute approximate surface area is 287 Å². The first kappa shape index (κ1) is 17.9. The van der Waals surface area contributed by atoms with E-state index in [0.29, 0.717) is 38.6 Å². The predicted octanol–water partition coefficient (Wildman–Crippen LogP) is 11.3. The molecule has 4 heteroatoms. The van der Waals surface area contributed by atoms with Crippen molar-refractivity contribution in [2.45, 2.75) is 0 Å². The van der Waals surface area contributed by atoms with Gasteiger partial charge < -0.3 is 4.42 Å². The molecule has 47 heavy (non-hydrogen) atoms. The first-order valence-electron chi connectivity index (χ1n) is 20.3. The Balaban J connectivity index is 1.38. The SMILES string of the molecule is [2H]c1c([2H])c([2H])c(-c2cc(-c3nc(-c4ccccc4)nc(-c4c([2H])c([2H])c5c([2H])c(-c6ccccc6)c([2H])c([2H])c5c4[2H])n3)c3c(c2)oc2ccccc23)c([2H])c1[2H]. The molecule has 2 heterocycles. The summed E-state index contributed by atoms with van der Waals surface area (Å²) >= 11 is 0. The maximum atomic E-state index is 9.44. The Hall–Kier alpha value is -6.39. The summed E-state index contributed by atoms with van der Waals surface area (Å²) in [5.41, 5.74) is 2.22. The molecule has 0 spiro atoms. The number of nitrogens with zero attached hydrogens (tertiary/aromatic N) is 3. The van der Waals surface area contributed by atoms with E-state index in [1.807, 2.05) is 18.2 Å². The number of hydrogen-bond donors (Lipinski definition) is 0. The molecule has 0 saturated carbocycles. The molecule has 4 nitrogen and oxygen atoms in total. The van der Waals surface area contributed by atoms with E-state index in [9.17, 15) is 2.74 Å². The molecular weight excluding hydrogens is 574 g/mol. The second-order valence-electron chi connectivity index (χ2n) is 10.8. The second-order valence-corrected chi connectivity index (χ2v) is 10.8. The van der Waals surface area contributed by atoms with Crippen molar-refractivity contribution in [1.82, 2.24) is 15.0 Å². The molecule has 0 atom stereocenters. The van der Waals surface area contributed by atoms with Crippen LogP contribution in [0.15, 0.2) is 168 Å². The minimum Gasteiger partial charge on any atom is -0.456 e. The highest BCUT2D eigenvalue weighted by Gasteiger charge is 2.19. The summed E-state index contributed by atoms with van der Waals surface area (Å²) in [7, 11) is 0. The van der Waals surface area contributed by atoms with Crippen molar-refractivity contribution in [3.8, 4) is 56.4 Å². The van der Waals surface area contributed by atoms with Gasteiger partial charge in [0.25, 0.3) is 0 Å². The van der Waals surface area contributed by atoms with Crippen LogP contribution in [0.1, 0.15) is 15.1 Å². The standard InChI is InChI=1S/C43H27N3O/c1-4-12-28(13-5-1)31-20-21-33-25-34(23-22-32(33)24-31)42-44-41(30-16-8-3-9-17-30)45-43(46-42)37-26-35(29-14-6-2-7-15-29)27-39-40(37)36-18-10-11-19-38(36)47-39/h1-27H/i2D,6D,7D,14D,15D,20D,21D,22D,23D,24D,25D. The van der Waals surface area contributed by atoms with Crippen molar-refractivity contribution in [3.63, 3.8) is 0 Å². The summed E-state index contributed by atoms with van der Waals surface area (Å²) in [6.07, 6.45) is 0. The summed E-state index contributed by atoms with van der Waals surface area (Å²) in [4.78, 5) is 14.4. The van der Waals surface area contributed by atoms with E-state index in [2.05, 4.69) is 0 Å². The van der Waals surface area contributed by atoms with Crippen LogP contribution in [-0.2, 0) is 0 Å². The van der Waals surface area contributed by atoms with Crippen molar-refractivity contribution in [2.24, 2.45) is 0 Å². The molecular formula is C43H27N3O. The second kappa shape index (κ2) is 11.2. The van der Waals surface area contributed by atoms with Gasteiger partial charge in [-0.3, -0.25) is 0 Å². The molecule has 0 fully saturated rings. The van der Waals surface area contributed by atoms with Crippen LogP contribution in [0.25, 0.3) is 89.1 Å². The zero-order valence-corrected chi connectivity index (χ0v) is 24.5. The lowest BCUT2D eigenvalue weighted by atomic mass is 9.98. The van der Waals surface area contributed by atoms with Crippen LogP contribution in [-0.4, -0.2) is 15.0 Å². The minimum atomic E-state index is -0.540. The van der Waals surface area contributed by atoms with E-state index in [1.54, 1.807) is 78.9 Å². The quantitative estimate of drug-likeness (QED) is 0.194. The van der Waals surface area contributed by atoms with Gasteiger partial charge in [-0.05, 0) is 63.3 Å². The summed E-state index contributed by atoms with van der Waals surface area (Å²) in [6, 6.07) is 23.3. The molecule has 9 aromatic rings. The third kappa shape index (κ3) is 4.93. The van der Waals surface area contributed by atoms with Crippen LogP contribution in [0.2, 0.25) is 0 Å². The fourth-order valence-corrected chi connectivity index (χ4v) is 5.63. The summed E-state index contributed by atoms with van der Waals surface area (Å²) < 4.78 is 104. The monoisotopic (exact) mass is 612 g/mol. The molecule has 0 unspecified atom stereocenters. The van der Waals surface area contributed by atoms with Crippen molar-refractivity contribution in [2.75, 3.05) is 0 Å². The third-order valence-electron chi connectivity index (χ3n) is 7.84. The molecule has 0 saturated heterocycles. The van der Waals surface area contributed by atoms with Crippen LogP contribution < -0.4 is 0 Å². The molecule has 7 aromatic carbocycles. The Morgan fingerprint density at radius 1 is 0.447 bits per heavy atom. The van der Waals surface area contributed by atoms with Gasteiger partial charge in [0.1, 0.15) is 11.2 Å². The van der Waals surface area contributed by atoms with Crippen LogP contribution >= 0.6 is 0 Å². The van der Waals surface area contributed by atoms with Crippen LogP contribution in [0.3, 0.4) is 0 Å². The number of benzene rings is 7. The highest BCUT2D eigenvalue weighted by Crippen LogP contribution is 2.40. The minimum absolute atomic E-state index is 0.0212. The van der Waals surface area contributed by atoms with E-state index >= 15 is 0 Å². The Bertz CT molecular complexity index is 3160. The number of fused-ring (bicyclic) bond motifs is 4. The fourth-order valence-electron chi connectivity index (χ4n) is 5.63. The molecule has 0 aliphatic rings. The van der Waals surface area contributed by atoms with E-state index in [0.717, 1.165) is 0 Å². The molecule has 0 bridgehead atoms. The molecule has 2 aromatic heterocycles.